The van der Waals surface area contributed by atoms with E-state index in [1.807, 2.05) is 11.3 Å². The summed E-state index contributed by atoms with van der Waals surface area (Å²) in [5, 5.41) is 2.69. The molecule has 1 heteroatoms. The highest BCUT2D eigenvalue weighted by atomic mass is 32.1. The summed E-state index contributed by atoms with van der Waals surface area (Å²) >= 11 is 1.89. The highest BCUT2D eigenvalue weighted by Crippen LogP contribution is 2.43. The van der Waals surface area contributed by atoms with E-state index in [1.165, 1.54) is 64.7 Å². The maximum atomic E-state index is 2.39. The highest BCUT2D eigenvalue weighted by Gasteiger charge is 2.20. The summed E-state index contributed by atoms with van der Waals surface area (Å²) in [6.45, 7) is 0. The molecule has 5 aromatic carbocycles. The molecule has 0 nitrogen and oxygen atoms in total. The quantitative estimate of drug-likeness (QED) is 0.237. The molecule has 0 spiro atoms. The normalized spacial score (nSPS) is 13.5. The van der Waals surface area contributed by atoms with E-state index in [2.05, 4.69) is 133 Å². The van der Waals surface area contributed by atoms with Crippen molar-refractivity contribution >= 4 is 48.2 Å². The Morgan fingerprint density at radius 1 is 0.472 bits per heavy atom. The predicted octanol–water partition coefficient (Wildman–Crippen LogP) is 10.1. The number of hydrogen-bond acceptors (Lipinski definition) is 1. The molecule has 1 aliphatic rings. The summed E-state index contributed by atoms with van der Waals surface area (Å²) in [7, 11) is 0. The van der Waals surface area contributed by atoms with Crippen molar-refractivity contribution < 1.29 is 0 Å². The number of thiophene rings is 1. The maximum Gasteiger partial charge on any atom is 0.0433 e. The summed E-state index contributed by atoms with van der Waals surface area (Å²) in [6, 6.07) is 46.1. The number of hydrogen-bond donors (Lipinski definition) is 0. The summed E-state index contributed by atoms with van der Waals surface area (Å²) in [6.07, 6.45) is 3.33. The fraction of sp³-hybridized carbons (Fsp3) is 0.0286. The average Bonchev–Trinajstić information content (AvgIpc) is 3.57. The zero-order valence-electron chi connectivity index (χ0n) is 19.8. The Morgan fingerprint density at radius 2 is 1.11 bits per heavy atom. The zero-order chi connectivity index (χ0) is 23.9. The van der Waals surface area contributed by atoms with E-state index in [9.17, 15) is 0 Å². The molecule has 7 rings (SSSR count). The van der Waals surface area contributed by atoms with E-state index in [4.69, 9.17) is 0 Å². The van der Waals surface area contributed by atoms with Crippen LogP contribution in [0.15, 0.2) is 133 Å². The van der Waals surface area contributed by atoms with Crippen LogP contribution >= 0.6 is 11.3 Å². The van der Waals surface area contributed by atoms with Crippen molar-refractivity contribution in [3.63, 3.8) is 0 Å². The molecule has 0 bridgehead atoms. The van der Waals surface area contributed by atoms with Gasteiger partial charge < -0.3 is 0 Å². The molecule has 0 atom stereocenters. The van der Waals surface area contributed by atoms with Crippen LogP contribution in [-0.4, -0.2) is 0 Å². The third-order valence-corrected chi connectivity index (χ3v) is 8.41. The molecule has 36 heavy (non-hydrogen) atoms. The Hall–Kier alpha value is -4.20. The van der Waals surface area contributed by atoms with Gasteiger partial charge in [0.05, 0.1) is 0 Å². The minimum Gasteiger partial charge on any atom is -0.135 e. The van der Waals surface area contributed by atoms with Crippen LogP contribution in [0.25, 0.3) is 48.0 Å². The second-order valence-electron chi connectivity index (χ2n) is 9.33. The van der Waals surface area contributed by atoms with Gasteiger partial charge in [0, 0.05) is 20.2 Å². The molecule has 0 amide bonds. The molecule has 170 valence electrons. The van der Waals surface area contributed by atoms with E-state index < -0.39 is 0 Å². The van der Waals surface area contributed by atoms with Crippen molar-refractivity contribution in [2.45, 2.75) is 6.42 Å². The molecular weight excluding hydrogens is 452 g/mol. The number of allylic oxidation sites excluding steroid dienone is 4. The minimum absolute atomic E-state index is 0.944. The van der Waals surface area contributed by atoms with Crippen LogP contribution in [0.2, 0.25) is 0 Å². The first-order chi connectivity index (χ1) is 17.8. The molecule has 0 fully saturated rings. The fourth-order valence-electron chi connectivity index (χ4n) is 5.39. The van der Waals surface area contributed by atoms with Crippen LogP contribution in [0.1, 0.15) is 23.1 Å². The van der Waals surface area contributed by atoms with Gasteiger partial charge in [-0.1, -0.05) is 121 Å². The van der Waals surface area contributed by atoms with Gasteiger partial charge in [0.15, 0.2) is 0 Å². The topological polar surface area (TPSA) is 0 Å². The maximum absolute atomic E-state index is 2.39. The zero-order valence-corrected chi connectivity index (χ0v) is 20.6. The Kier molecular flexibility index (Phi) is 5.15. The van der Waals surface area contributed by atoms with Gasteiger partial charge in [-0.15, -0.1) is 11.3 Å². The summed E-state index contributed by atoms with van der Waals surface area (Å²) < 4.78 is 2.71. The highest BCUT2D eigenvalue weighted by molar-refractivity contribution is 7.26. The minimum atomic E-state index is 0.944. The molecule has 0 saturated heterocycles. The molecule has 0 N–H and O–H groups in total. The van der Waals surface area contributed by atoms with Crippen molar-refractivity contribution in [2.24, 2.45) is 0 Å². The molecule has 0 radical (unpaired) electrons. The number of benzene rings is 5. The summed E-state index contributed by atoms with van der Waals surface area (Å²) in [5.74, 6) is 0. The van der Waals surface area contributed by atoms with Gasteiger partial charge in [0.2, 0.25) is 0 Å². The molecule has 1 heterocycles. The third-order valence-electron chi connectivity index (χ3n) is 7.19. The smallest absolute Gasteiger partial charge is 0.0433 e. The van der Waals surface area contributed by atoms with Gasteiger partial charge in [-0.3, -0.25) is 0 Å². The van der Waals surface area contributed by atoms with Crippen LogP contribution in [0.4, 0.5) is 0 Å². The van der Waals surface area contributed by atoms with E-state index in [0.717, 1.165) is 6.42 Å². The first kappa shape index (κ1) is 21.1. The van der Waals surface area contributed by atoms with Gasteiger partial charge in [-0.2, -0.15) is 0 Å². The van der Waals surface area contributed by atoms with E-state index >= 15 is 0 Å². The Labute approximate surface area is 215 Å². The molecule has 0 saturated carbocycles. The average molecular weight is 477 g/mol. The van der Waals surface area contributed by atoms with Crippen LogP contribution in [0.3, 0.4) is 0 Å². The van der Waals surface area contributed by atoms with E-state index in [1.54, 1.807) is 0 Å². The number of fused-ring (bicyclic) bond motifs is 3. The molecule has 6 aromatic rings. The van der Waals surface area contributed by atoms with Gasteiger partial charge in [-0.25, -0.2) is 0 Å². The largest absolute Gasteiger partial charge is 0.135 e. The molecule has 0 unspecified atom stereocenters. The lowest BCUT2D eigenvalue weighted by molar-refractivity contribution is 1.42. The number of rotatable bonds is 4. The SMILES string of the molecule is C1=C(c2ccc(-c3cccc4c3sc3ccccc34)cc2)CC(c2ccccc2)=C1c1ccccc1. The molecule has 1 aliphatic carbocycles. The Balaban J connectivity index is 1.27. The molecular formula is C35H24S. The lowest BCUT2D eigenvalue weighted by Crippen LogP contribution is -1.87. The standard InChI is InChI=1S/C35H24S/c1-3-10-25(11-4-1)32-22-28(23-33(32)26-12-5-2-6-13-26)24-18-20-27(21-19-24)29-15-9-16-31-30-14-7-8-17-34(30)36-35(29)31/h1-22H,23H2. The van der Waals surface area contributed by atoms with Crippen LogP contribution < -0.4 is 0 Å². The first-order valence-electron chi connectivity index (χ1n) is 12.4. The van der Waals surface area contributed by atoms with Gasteiger partial charge >= 0.3 is 0 Å². The van der Waals surface area contributed by atoms with Crippen LogP contribution in [0.5, 0.6) is 0 Å². The molecule has 0 aliphatic heterocycles. The second-order valence-corrected chi connectivity index (χ2v) is 10.4. The lowest BCUT2D eigenvalue weighted by atomic mass is 9.95. The predicted molar refractivity (Wildman–Crippen MR) is 157 cm³/mol. The van der Waals surface area contributed by atoms with Gasteiger partial charge in [0.1, 0.15) is 0 Å². The van der Waals surface area contributed by atoms with Crippen LogP contribution in [0, 0.1) is 0 Å². The lowest BCUT2D eigenvalue weighted by Gasteiger charge is -2.09. The van der Waals surface area contributed by atoms with E-state index in [-0.39, 0.29) is 0 Å². The second kappa shape index (κ2) is 8.78. The first-order valence-corrected chi connectivity index (χ1v) is 13.2. The van der Waals surface area contributed by atoms with E-state index in [0.29, 0.717) is 0 Å². The summed E-state index contributed by atoms with van der Waals surface area (Å²) in [5.41, 5.74) is 10.6. The van der Waals surface area contributed by atoms with Crippen molar-refractivity contribution in [1.29, 1.82) is 0 Å². The van der Waals surface area contributed by atoms with Gasteiger partial charge in [-0.05, 0) is 63.1 Å². The third kappa shape index (κ3) is 3.61. The fourth-order valence-corrected chi connectivity index (χ4v) is 6.63. The Bertz CT molecular complexity index is 1770. The van der Waals surface area contributed by atoms with Gasteiger partial charge in [0.25, 0.3) is 0 Å². The van der Waals surface area contributed by atoms with Crippen molar-refractivity contribution in [1.82, 2.24) is 0 Å². The van der Waals surface area contributed by atoms with Crippen LogP contribution in [-0.2, 0) is 0 Å². The summed E-state index contributed by atoms with van der Waals surface area (Å²) in [4.78, 5) is 0. The van der Waals surface area contributed by atoms with Crippen molar-refractivity contribution in [3.05, 3.63) is 150 Å². The van der Waals surface area contributed by atoms with Crippen molar-refractivity contribution in [3.8, 4) is 11.1 Å². The Morgan fingerprint density at radius 3 is 1.89 bits per heavy atom. The van der Waals surface area contributed by atoms with Crippen molar-refractivity contribution in [2.75, 3.05) is 0 Å². The molecule has 1 aromatic heterocycles. The monoisotopic (exact) mass is 476 g/mol.